The van der Waals surface area contributed by atoms with Gasteiger partial charge in [0.05, 0.1) is 13.2 Å². The van der Waals surface area contributed by atoms with Crippen molar-refractivity contribution >= 4 is 34.8 Å². The zero-order valence-electron chi connectivity index (χ0n) is 17.1. The molecule has 0 N–H and O–H groups in total. The third kappa shape index (κ3) is 9.40. The van der Waals surface area contributed by atoms with Gasteiger partial charge >= 0.3 is 0 Å². The van der Waals surface area contributed by atoms with Crippen LogP contribution in [0.15, 0.2) is 48.5 Å². The fraction of sp³-hybridized carbons (Fsp3) is 0.417. The van der Waals surface area contributed by atoms with Crippen LogP contribution in [0, 0.1) is 0 Å². The number of carbonyl (C=O) groups is 2. The second kappa shape index (κ2) is 14.3. The minimum Gasteiger partial charge on any atom is -0.369 e. The highest BCUT2D eigenvalue weighted by atomic mass is 35.5. The minimum absolute atomic E-state index is 0.0796. The van der Waals surface area contributed by atoms with E-state index in [4.69, 9.17) is 32.7 Å². The minimum atomic E-state index is 0.0796. The molecule has 2 aromatic carbocycles. The zero-order valence-corrected chi connectivity index (χ0v) is 18.6. The molecule has 0 aliphatic rings. The summed E-state index contributed by atoms with van der Waals surface area (Å²) >= 11 is 11.2. The first-order valence-corrected chi connectivity index (χ1v) is 11.2. The van der Waals surface area contributed by atoms with E-state index in [0.717, 1.165) is 22.3 Å². The molecular weight excluding hydrogens is 423 g/mol. The van der Waals surface area contributed by atoms with Crippen LogP contribution in [0.25, 0.3) is 11.1 Å². The van der Waals surface area contributed by atoms with Gasteiger partial charge in [0.25, 0.3) is 0 Å². The Balaban J connectivity index is 1.76. The van der Waals surface area contributed by atoms with Crippen molar-refractivity contribution in [1.82, 2.24) is 0 Å². The number of hydrogen-bond donors (Lipinski definition) is 0. The molecule has 2 rings (SSSR count). The van der Waals surface area contributed by atoms with Crippen LogP contribution in [0.2, 0.25) is 0 Å². The third-order valence-electron chi connectivity index (χ3n) is 4.48. The summed E-state index contributed by atoms with van der Waals surface area (Å²) in [5.41, 5.74) is 4.24. The van der Waals surface area contributed by atoms with E-state index >= 15 is 0 Å². The average Bonchev–Trinajstić information content (AvgIpc) is 2.77. The summed E-state index contributed by atoms with van der Waals surface area (Å²) in [4.78, 5) is 23.2. The summed E-state index contributed by atoms with van der Waals surface area (Å²) in [6.07, 6.45) is 2.31. The van der Waals surface area contributed by atoms with Crippen molar-refractivity contribution in [2.75, 3.05) is 25.0 Å². The lowest BCUT2D eigenvalue weighted by Crippen LogP contribution is -2.08. The van der Waals surface area contributed by atoms with Crippen LogP contribution in [-0.2, 0) is 32.3 Å². The van der Waals surface area contributed by atoms with Gasteiger partial charge in [-0.05, 0) is 35.1 Å². The molecule has 0 saturated heterocycles. The Kier molecular flexibility index (Phi) is 11.7. The van der Waals surface area contributed by atoms with Gasteiger partial charge in [-0.3, -0.25) is 9.59 Å². The van der Waals surface area contributed by atoms with Crippen molar-refractivity contribution in [2.45, 2.75) is 38.9 Å². The molecule has 162 valence electrons. The summed E-state index contributed by atoms with van der Waals surface area (Å²) in [7, 11) is 0. The van der Waals surface area contributed by atoms with Crippen LogP contribution >= 0.6 is 23.2 Å². The van der Waals surface area contributed by atoms with Crippen molar-refractivity contribution in [3.63, 3.8) is 0 Å². The largest absolute Gasteiger partial charge is 0.369 e. The molecule has 0 aliphatic carbocycles. The van der Waals surface area contributed by atoms with Crippen LogP contribution in [-0.4, -0.2) is 36.5 Å². The Morgan fingerprint density at radius 1 is 0.633 bits per heavy atom. The molecule has 0 spiro atoms. The predicted octanol–water partition coefficient (Wildman–Crippen LogP) is 5.56. The number of alkyl halides is 2. The number of halogens is 2. The highest BCUT2D eigenvalue weighted by Crippen LogP contribution is 2.21. The van der Waals surface area contributed by atoms with Crippen LogP contribution < -0.4 is 0 Å². The SMILES string of the molecule is O=C(CCCCl)COCc1ccc(-c2ccc(COCC(=O)CCCCl)cc2)cc1. The van der Waals surface area contributed by atoms with E-state index in [2.05, 4.69) is 0 Å². The lowest BCUT2D eigenvalue weighted by atomic mass is 10.0. The summed E-state index contributed by atoms with van der Waals surface area (Å²) < 4.78 is 11.0. The van der Waals surface area contributed by atoms with E-state index in [0.29, 0.717) is 50.7 Å². The quantitative estimate of drug-likeness (QED) is 0.333. The Labute approximate surface area is 188 Å². The highest BCUT2D eigenvalue weighted by molar-refractivity contribution is 6.18. The first-order valence-electron chi connectivity index (χ1n) is 10.1. The molecule has 0 amide bonds. The molecular formula is C24H28Cl2O4. The number of benzene rings is 2. The van der Waals surface area contributed by atoms with E-state index in [1.165, 1.54) is 0 Å². The average molecular weight is 451 g/mol. The van der Waals surface area contributed by atoms with Crippen LogP contribution in [0.1, 0.15) is 36.8 Å². The smallest absolute Gasteiger partial charge is 0.158 e. The van der Waals surface area contributed by atoms with Crippen LogP contribution in [0.5, 0.6) is 0 Å². The van der Waals surface area contributed by atoms with Crippen molar-refractivity contribution in [2.24, 2.45) is 0 Å². The fourth-order valence-corrected chi connectivity index (χ4v) is 3.09. The second-order valence-electron chi connectivity index (χ2n) is 7.04. The topological polar surface area (TPSA) is 52.6 Å². The third-order valence-corrected chi connectivity index (χ3v) is 5.02. The fourth-order valence-electron chi connectivity index (χ4n) is 2.82. The second-order valence-corrected chi connectivity index (χ2v) is 7.80. The Morgan fingerprint density at radius 2 is 1.00 bits per heavy atom. The van der Waals surface area contributed by atoms with Gasteiger partial charge in [-0.1, -0.05) is 48.5 Å². The summed E-state index contributed by atoms with van der Waals surface area (Å²) in [5.74, 6) is 1.15. The van der Waals surface area contributed by atoms with Crippen molar-refractivity contribution in [3.05, 3.63) is 59.7 Å². The zero-order chi connectivity index (χ0) is 21.6. The van der Waals surface area contributed by atoms with Gasteiger partial charge in [0, 0.05) is 24.6 Å². The molecule has 0 atom stereocenters. The molecule has 2 aromatic rings. The van der Waals surface area contributed by atoms with E-state index < -0.39 is 0 Å². The van der Waals surface area contributed by atoms with E-state index in [9.17, 15) is 9.59 Å². The van der Waals surface area contributed by atoms with Gasteiger partial charge in [0.15, 0.2) is 11.6 Å². The lowest BCUT2D eigenvalue weighted by molar-refractivity contribution is -0.124. The number of Topliss-reactive ketones (excluding diaryl/α,β-unsaturated/α-hetero) is 2. The van der Waals surface area contributed by atoms with Gasteiger partial charge in [0.2, 0.25) is 0 Å². The van der Waals surface area contributed by atoms with Crippen LogP contribution in [0.4, 0.5) is 0 Å². The Bertz CT molecular complexity index is 705. The van der Waals surface area contributed by atoms with E-state index in [1.54, 1.807) is 0 Å². The van der Waals surface area contributed by atoms with Crippen LogP contribution in [0.3, 0.4) is 0 Å². The van der Waals surface area contributed by atoms with Gasteiger partial charge in [0.1, 0.15) is 13.2 Å². The summed E-state index contributed by atoms with van der Waals surface area (Å²) in [6, 6.07) is 16.2. The molecule has 0 aliphatic heterocycles. The monoisotopic (exact) mass is 450 g/mol. The molecule has 6 heteroatoms. The molecule has 0 fully saturated rings. The predicted molar refractivity (Wildman–Crippen MR) is 121 cm³/mol. The lowest BCUT2D eigenvalue weighted by Gasteiger charge is -2.08. The summed E-state index contributed by atoms with van der Waals surface area (Å²) in [6.45, 7) is 1.07. The molecule has 0 aromatic heterocycles. The molecule has 4 nitrogen and oxygen atoms in total. The maximum atomic E-state index is 11.6. The molecule has 0 heterocycles. The molecule has 0 radical (unpaired) electrons. The van der Waals surface area contributed by atoms with Gasteiger partial charge in [-0.2, -0.15) is 0 Å². The van der Waals surface area contributed by atoms with Gasteiger partial charge < -0.3 is 9.47 Å². The number of carbonyl (C=O) groups excluding carboxylic acids is 2. The Hall–Kier alpha value is -1.72. The van der Waals surface area contributed by atoms with Crippen molar-refractivity contribution in [3.8, 4) is 11.1 Å². The summed E-state index contributed by atoms with van der Waals surface area (Å²) in [5, 5.41) is 0. The first kappa shape index (κ1) is 24.5. The van der Waals surface area contributed by atoms with E-state index in [-0.39, 0.29) is 24.8 Å². The first-order chi connectivity index (χ1) is 14.6. The maximum absolute atomic E-state index is 11.6. The molecule has 0 bridgehead atoms. The Morgan fingerprint density at radius 3 is 1.33 bits per heavy atom. The van der Waals surface area contributed by atoms with Gasteiger partial charge in [-0.25, -0.2) is 0 Å². The van der Waals surface area contributed by atoms with E-state index in [1.807, 2.05) is 48.5 Å². The maximum Gasteiger partial charge on any atom is 0.158 e. The highest BCUT2D eigenvalue weighted by Gasteiger charge is 2.04. The normalized spacial score (nSPS) is 10.9. The molecule has 0 unspecified atom stereocenters. The standard InChI is InChI=1S/C24H28Cl2O4/c25-13-1-3-23(27)17-29-15-19-5-9-21(10-6-19)22-11-7-20(8-12-22)16-30-18-24(28)4-2-14-26/h5-12H,1-4,13-18H2. The molecule has 30 heavy (non-hydrogen) atoms. The van der Waals surface area contributed by atoms with Crippen molar-refractivity contribution < 1.29 is 19.1 Å². The number of rotatable bonds is 15. The molecule has 0 saturated carbocycles. The number of hydrogen-bond acceptors (Lipinski definition) is 4. The number of ether oxygens (including phenoxy) is 2. The van der Waals surface area contributed by atoms with Crippen molar-refractivity contribution in [1.29, 1.82) is 0 Å². The van der Waals surface area contributed by atoms with Gasteiger partial charge in [-0.15, -0.1) is 23.2 Å². The number of ketones is 2.